The van der Waals surface area contributed by atoms with E-state index < -0.39 is 38.0 Å². The Balaban J connectivity index is 3.78. The van der Waals surface area contributed by atoms with Crippen molar-refractivity contribution in [2.24, 2.45) is 0 Å². The van der Waals surface area contributed by atoms with Gasteiger partial charge in [0.25, 0.3) is 0 Å². The molecule has 1 atom stereocenters. The van der Waals surface area contributed by atoms with Crippen molar-refractivity contribution in [2.75, 3.05) is 13.6 Å². The SMILES string of the molecule is O=C(CC(O)C(=O)OCO)OCO. The maximum absolute atomic E-state index is 10.6. The monoisotopic (exact) mass is 194 g/mol. The average molecular weight is 194 g/mol. The van der Waals surface area contributed by atoms with E-state index >= 15 is 0 Å². The summed E-state index contributed by atoms with van der Waals surface area (Å²) in [6.07, 6.45) is -2.31. The van der Waals surface area contributed by atoms with Crippen LogP contribution < -0.4 is 0 Å². The first-order chi connectivity index (χ1) is 6.11. The predicted molar refractivity (Wildman–Crippen MR) is 37.0 cm³/mol. The summed E-state index contributed by atoms with van der Waals surface area (Å²) in [6, 6.07) is 0. The normalized spacial score (nSPS) is 11.9. The van der Waals surface area contributed by atoms with Crippen LogP contribution in [0.5, 0.6) is 0 Å². The third-order valence-electron chi connectivity index (χ3n) is 1.06. The maximum Gasteiger partial charge on any atom is 0.337 e. The molecule has 1 unspecified atom stereocenters. The number of ether oxygens (including phenoxy) is 2. The lowest BCUT2D eigenvalue weighted by atomic mass is 10.2. The minimum Gasteiger partial charge on any atom is -0.439 e. The van der Waals surface area contributed by atoms with Gasteiger partial charge in [-0.1, -0.05) is 0 Å². The van der Waals surface area contributed by atoms with Crippen LogP contribution in [0.4, 0.5) is 0 Å². The first-order valence-electron chi connectivity index (χ1n) is 3.33. The molecule has 0 aliphatic heterocycles. The van der Waals surface area contributed by atoms with Gasteiger partial charge >= 0.3 is 11.9 Å². The summed E-state index contributed by atoms with van der Waals surface area (Å²) in [7, 11) is 0. The second-order valence-corrected chi connectivity index (χ2v) is 1.96. The zero-order valence-electron chi connectivity index (χ0n) is 6.67. The van der Waals surface area contributed by atoms with Crippen molar-refractivity contribution >= 4 is 11.9 Å². The maximum atomic E-state index is 10.6. The molecule has 13 heavy (non-hydrogen) atoms. The van der Waals surface area contributed by atoms with Crippen LogP contribution in [0.3, 0.4) is 0 Å². The minimum absolute atomic E-state index is 0.626. The Hall–Kier alpha value is -1.18. The first-order valence-corrected chi connectivity index (χ1v) is 3.33. The van der Waals surface area contributed by atoms with E-state index in [-0.39, 0.29) is 0 Å². The number of aliphatic hydroxyl groups excluding tert-OH is 3. The Morgan fingerprint density at radius 3 is 2.15 bits per heavy atom. The summed E-state index contributed by atoms with van der Waals surface area (Å²) in [5.74, 6) is -2.07. The Labute approximate surface area is 73.5 Å². The predicted octanol–water partition coefficient (Wildman–Crippen LogP) is -2.28. The molecule has 0 aliphatic rings. The van der Waals surface area contributed by atoms with E-state index in [0.717, 1.165) is 0 Å². The molecule has 0 aromatic carbocycles. The van der Waals surface area contributed by atoms with Crippen LogP contribution in [-0.4, -0.2) is 46.9 Å². The summed E-state index contributed by atoms with van der Waals surface area (Å²) in [4.78, 5) is 21.1. The Morgan fingerprint density at radius 1 is 1.15 bits per heavy atom. The van der Waals surface area contributed by atoms with Gasteiger partial charge in [-0.25, -0.2) is 4.79 Å². The highest BCUT2D eigenvalue weighted by molar-refractivity contribution is 5.81. The molecule has 0 saturated heterocycles. The molecule has 0 heterocycles. The first kappa shape index (κ1) is 11.8. The highest BCUT2D eigenvalue weighted by Gasteiger charge is 2.20. The van der Waals surface area contributed by atoms with Gasteiger partial charge in [-0.15, -0.1) is 0 Å². The number of carbonyl (C=O) groups is 2. The van der Waals surface area contributed by atoms with Crippen LogP contribution >= 0.6 is 0 Å². The van der Waals surface area contributed by atoms with Crippen molar-refractivity contribution < 1.29 is 34.4 Å². The van der Waals surface area contributed by atoms with Gasteiger partial charge in [0.2, 0.25) is 0 Å². The molecular formula is C6H10O7. The zero-order chi connectivity index (χ0) is 10.3. The zero-order valence-corrected chi connectivity index (χ0v) is 6.67. The van der Waals surface area contributed by atoms with Crippen LogP contribution in [-0.2, 0) is 19.1 Å². The van der Waals surface area contributed by atoms with Crippen LogP contribution in [0, 0.1) is 0 Å². The Morgan fingerprint density at radius 2 is 1.69 bits per heavy atom. The van der Waals surface area contributed by atoms with Gasteiger partial charge in [0.05, 0.1) is 6.42 Å². The highest BCUT2D eigenvalue weighted by Crippen LogP contribution is 1.96. The molecule has 0 saturated carbocycles. The number of rotatable bonds is 5. The van der Waals surface area contributed by atoms with Crippen molar-refractivity contribution in [1.82, 2.24) is 0 Å². The van der Waals surface area contributed by atoms with Gasteiger partial charge in [-0.2, -0.15) is 0 Å². The quantitative estimate of drug-likeness (QED) is 0.334. The van der Waals surface area contributed by atoms with Crippen molar-refractivity contribution in [3.8, 4) is 0 Å². The van der Waals surface area contributed by atoms with Crippen LogP contribution in [0.15, 0.2) is 0 Å². The van der Waals surface area contributed by atoms with Crippen molar-refractivity contribution in [2.45, 2.75) is 12.5 Å². The molecular weight excluding hydrogens is 184 g/mol. The summed E-state index contributed by atoms with van der Waals surface area (Å²) < 4.78 is 8.01. The van der Waals surface area contributed by atoms with Crippen molar-refractivity contribution in [3.63, 3.8) is 0 Å². The number of carbonyl (C=O) groups excluding carboxylic acids is 2. The fourth-order valence-corrected chi connectivity index (χ4v) is 0.532. The molecule has 0 spiro atoms. The fourth-order valence-electron chi connectivity index (χ4n) is 0.532. The molecule has 0 rings (SSSR count). The lowest BCUT2D eigenvalue weighted by Crippen LogP contribution is -2.27. The minimum atomic E-state index is -1.69. The molecule has 7 heteroatoms. The second kappa shape index (κ2) is 6.35. The molecule has 0 aromatic rings. The van der Waals surface area contributed by atoms with Crippen molar-refractivity contribution in [3.05, 3.63) is 0 Å². The summed E-state index contributed by atoms with van der Waals surface area (Å²) in [5, 5.41) is 25.1. The van der Waals surface area contributed by atoms with E-state index in [2.05, 4.69) is 9.47 Å². The molecule has 0 aliphatic carbocycles. The van der Waals surface area contributed by atoms with E-state index in [9.17, 15) is 9.59 Å². The van der Waals surface area contributed by atoms with E-state index in [1.807, 2.05) is 0 Å². The van der Waals surface area contributed by atoms with Gasteiger partial charge in [0.1, 0.15) is 0 Å². The van der Waals surface area contributed by atoms with Crippen LogP contribution in [0.25, 0.3) is 0 Å². The van der Waals surface area contributed by atoms with Crippen LogP contribution in [0.2, 0.25) is 0 Å². The summed E-state index contributed by atoms with van der Waals surface area (Å²) in [6.45, 7) is -1.69. The highest BCUT2D eigenvalue weighted by atomic mass is 16.6. The topological polar surface area (TPSA) is 113 Å². The molecule has 0 aromatic heterocycles. The lowest BCUT2D eigenvalue weighted by molar-refractivity contribution is -0.168. The smallest absolute Gasteiger partial charge is 0.337 e. The van der Waals surface area contributed by atoms with Gasteiger partial charge < -0.3 is 24.8 Å². The fraction of sp³-hybridized carbons (Fsp3) is 0.667. The number of esters is 2. The number of hydrogen-bond acceptors (Lipinski definition) is 7. The van der Waals surface area contributed by atoms with E-state index in [4.69, 9.17) is 15.3 Å². The number of aliphatic hydroxyl groups is 3. The Bertz CT molecular complexity index is 178. The third kappa shape index (κ3) is 5.12. The summed E-state index contributed by atoms with van der Waals surface area (Å²) >= 11 is 0. The molecule has 76 valence electrons. The standard InChI is InChI=1S/C6H10O7/c7-2-12-5(10)1-4(9)6(11)13-3-8/h4,7-9H,1-3H2. The molecule has 7 nitrogen and oxygen atoms in total. The van der Waals surface area contributed by atoms with Crippen LogP contribution in [0.1, 0.15) is 6.42 Å². The van der Waals surface area contributed by atoms with Crippen molar-refractivity contribution in [1.29, 1.82) is 0 Å². The van der Waals surface area contributed by atoms with Gasteiger partial charge in [0, 0.05) is 0 Å². The molecule has 0 fully saturated rings. The lowest BCUT2D eigenvalue weighted by Gasteiger charge is -2.07. The Kier molecular flexibility index (Phi) is 5.77. The average Bonchev–Trinajstić information content (AvgIpc) is 2.05. The van der Waals surface area contributed by atoms with Gasteiger partial charge in [-0.05, 0) is 0 Å². The molecule has 0 amide bonds. The molecule has 3 N–H and O–H groups in total. The third-order valence-corrected chi connectivity index (χ3v) is 1.06. The molecule has 0 bridgehead atoms. The van der Waals surface area contributed by atoms with E-state index in [0.29, 0.717) is 0 Å². The second-order valence-electron chi connectivity index (χ2n) is 1.96. The number of hydrogen-bond donors (Lipinski definition) is 3. The largest absolute Gasteiger partial charge is 0.439 e. The van der Waals surface area contributed by atoms with Gasteiger partial charge in [-0.3, -0.25) is 4.79 Å². The van der Waals surface area contributed by atoms with E-state index in [1.54, 1.807) is 0 Å². The molecule has 0 radical (unpaired) electrons. The van der Waals surface area contributed by atoms with E-state index in [1.165, 1.54) is 0 Å². The van der Waals surface area contributed by atoms with Gasteiger partial charge in [0.15, 0.2) is 19.7 Å². The summed E-state index contributed by atoms with van der Waals surface area (Å²) in [5.41, 5.74) is 0.